The van der Waals surface area contributed by atoms with Crippen LogP contribution in [0.4, 0.5) is 0 Å². The average molecular weight is 436 g/mol. The smallest absolute Gasteiger partial charge is 0.276 e. The standard InChI is InChI=1S/C25H33N5O2/c1-16(2)14-32-22-10-9-17(3)27-23(22)25(31)30-11-7-6-8-21(30)12-20-13-29-15-26-19(5)18(4)24(29)28-20/h9-10,13,15-16,21H,6-8,11-12,14H2,1-5H3/t21-/m0/s1. The summed E-state index contributed by atoms with van der Waals surface area (Å²) in [6.07, 6.45) is 7.65. The summed E-state index contributed by atoms with van der Waals surface area (Å²) in [5, 5.41) is 0. The number of imidazole rings is 1. The van der Waals surface area contributed by atoms with Gasteiger partial charge in [0.2, 0.25) is 0 Å². The Balaban J connectivity index is 1.59. The van der Waals surface area contributed by atoms with E-state index in [0.717, 1.165) is 60.5 Å². The number of likely N-dealkylation sites (tertiary alicyclic amines) is 1. The van der Waals surface area contributed by atoms with E-state index < -0.39 is 0 Å². The molecule has 7 nitrogen and oxygen atoms in total. The van der Waals surface area contributed by atoms with Crippen LogP contribution in [0, 0.1) is 26.7 Å². The van der Waals surface area contributed by atoms with E-state index in [-0.39, 0.29) is 11.9 Å². The maximum absolute atomic E-state index is 13.6. The molecule has 1 saturated heterocycles. The molecule has 1 aliphatic rings. The molecule has 1 atom stereocenters. The lowest BCUT2D eigenvalue weighted by Gasteiger charge is -2.35. The van der Waals surface area contributed by atoms with Crippen molar-refractivity contribution in [3.8, 4) is 5.75 Å². The van der Waals surface area contributed by atoms with Crippen LogP contribution in [0.1, 0.15) is 66.2 Å². The molecule has 1 fully saturated rings. The second kappa shape index (κ2) is 9.27. The van der Waals surface area contributed by atoms with Crippen molar-refractivity contribution in [3.05, 3.63) is 53.0 Å². The van der Waals surface area contributed by atoms with Gasteiger partial charge >= 0.3 is 0 Å². The fourth-order valence-electron chi connectivity index (χ4n) is 4.24. The zero-order valence-corrected chi connectivity index (χ0v) is 19.8. The van der Waals surface area contributed by atoms with Gasteiger partial charge in [0.25, 0.3) is 5.91 Å². The minimum Gasteiger partial charge on any atom is -0.491 e. The number of ether oxygens (including phenoxy) is 1. The average Bonchev–Trinajstić information content (AvgIpc) is 3.18. The molecule has 0 spiro atoms. The molecule has 0 aliphatic carbocycles. The Hall–Kier alpha value is -2.96. The Bertz CT molecular complexity index is 1120. The van der Waals surface area contributed by atoms with Gasteiger partial charge in [-0.1, -0.05) is 13.8 Å². The maximum Gasteiger partial charge on any atom is 0.276 e. The molecule has 0 unspecified atom stereocenters. The lowest BCUT2D eigenvalue weighted by atomic mass is 9.97. The first-order chi connectivity index (χ1) is 15.3. The predicted molar refractivity (Wildman–Crippen MR) is 124 cm³/mol. The van der Waals surface area contributed by atoms with E-state index >= 15 is 0 Å². The summed E-state index contributed by atoms with van der Waals surface area (Å²) in [5.74, 6) is 0.900. The van der Waals surface area contributed by atoms with Crippen molar-refractivity contribution in [2.75, 3.05) is 13.2 Å². The summed E-state index contributed by atoms with van der Waals surface area (Å²) < 4.78 is 7.93. The highest BCUT2D eigenvalue weighted by atomic mass is 16.5. The number of rotatable bonds is 6. The van der Waals surface area contributed by atoms with Crippen molar-refractivity contribution in [2.45, 2.75) is 66.3 Å². The molecule has 1 amide bonds. The van der Waals surface area contributed by atoms with Crippen molar-refractivity contribution < 1.29 is 9.53 Å². The first-order valence-electron chi connectivity index (χ1n) is 11.5. The molecule has 0 saturated carbocycles. The topological polar surface area (TPSA) is 72.6 Å². The van der Waals surface area contributed by atoms with Gasteiger partial charge in [-0.25, -0.2) is 15.0 Å². The van der Waals surface area contributed by atoms with E-state index in [2.05, 4.69) is 23.8 Å². The van der Waals surface area contributed by atoms with Crippen molar-refractivity contribution in [1.82, 2.24) is 24.3 Å². The molecule has 4 heterocycles. The van der Waals surface area contributed by atoms with Crippen molar-refractivity contribution in [3.63, 3.8) is 0 Å². The summed E-state index contributed by atoms with van der Waals surface area (Å²) in [7, 11) is 0. The van der Waals surface area contributed by atoms with Gasteiger partial charge in [-0.2, -0.15) is 0 Å². The summed E-state index contributed by atoms with van der Waals surface area (Å²) in [6.45, 7) is 11.4. The van der Waals surface area contributed by atoms with Crippen LogP contribution in [0.2, 0.25) is 0 Å². The number of pyridine rings is 1. The molecule has 3 aromatic rings. The first-order valence-corrected chi connectivity index (χ1v) is 11.5. The fraction of sp³-hybridized carbons (Fsp3) is 0.520. The van der Waals surface area contributed by atoms with E-state index in [9.17, 15) is 4.79 Å². The van der Waals surface area contributed by atoms with Crippen LogP contribution in [-0.4, -0.2) is 49.4 Å². The quantitative estimate of drug-likeness (QED) is 0.576. The zero-order chi connectivity index (χ0) is 22.8. The molecule has 4 rings (SSSR count). The summed E-state index contributed by atoms with van der Waals surface area (Å²) >= 11 is 0. The SMILES string of the molecule is Cc1ccc(OCC(C)C)c(C(=O)N2CCCC[C@H]2Cc2cn3cnc(C)c(C)c3n2)n1. The summed E-state index contributed by atoms with van der Waals surface area (Å²) in [4.78, 5) is 29.5. The molecule has 0 N–H and O–H groups in total. The van der Waals surface area contributed by atoms with Gasteiger partial charge in [-0.3, -0.25) is 9.20 Å². The molecule has 3 aromatic heterocycles. The van der Waals surface area contributed by atoms with Gasteiger partial charge in [0.1, 0.15) is 12.0 Å². The number of hydrogen-bond donors (Lipinski definition) is 0. The Morgan fingerprint density at radius 2 is 2.00 bits per heavy atom. The van der Waals surface area contributed by atoms with Crippen molar-refractivity contribution in [1.29, 1.82) is 0 Å². The van der Waals surface area contributed by atoms with Gasteiger partial charge in [0.15, 0.2) is 11.4 Å². The van der Waals surface area contributed by atoms with Gasteiger partial charge in [-0.15, -0.1) is 0 Å². The Morgan fingerprint density at radius 1 is 1.19 bits per heavy atom. The number of fused-ring (bicyclic) bond motifs is 1. The number of hydrogen-bond acceptors (Lipinski definition) is 5. The summed E-state index contributed by atoms with van der Waals surface area (Å²) in [6, 6.07) is 3.86. The monoisotopic (exact) mass is 435 g/mol. The van der Waals surface area contributed by atoms with Crippen LogP contribution in [0.15, 0.2) is 24.7 Å². The third-order valence-corrected chi connectivity index (χ3v) is 6.14. The fourth-order valence-corrected chi connectivity index (χ4v) is 4.24. The van der Waals surface area contributed by atoms with Crippen molar-refractivity contribution >= 4 is 11.6 Å². The molecule has 32 heavy (non-hydrogen) atoms. The molecular formula is C25H33N5O2. The number of aryl methyl sites for hydroxylation is 3. The highest BCUT2D eigenvalue weighted by Gasteiger charge is 2.31. The second-order valence-electron chi connectivity index (χ2n) is 9.27. The van der Waals surface area contributed by atoms with E-state index in [1.807, 2.05) is 54.7 Å². The number of carbonyl (C=O) groups is 1. The van der Waals surface area contributed by atoms with E-state index in [0.29, 0.717) is 24.0 Å². The number of carbonyl (C=O) groups excluding carboxylic acids is 1. The van der Waals surface area contributed by atoms with Crippen LogP contribution in [0.5, 0.6) is 5.75 Å². The van der Waals surface area contributed by atoms with Crippen LogP contribution >= 0.6 is 0 Å². The van der Waals surface area contributed by atoms with Crippen LogP contribution < -0.4 is 4.74 Å². The summed E-state index contributed by atoms with van der Waals surface area (Å²) in [5.41, 5.74) is 5.24. The Labute approximate surface area is 189 Å². The lowest BCUT2D eigenvalue weighted by Crippen LogP contribution is -2.45. The zero-order valence-electron chi connectivity index (χ0n) is 19.8. The van der Waals surface area contributed by atoms with E-state index in [1.165, 1.54) is 0 Å². The van der Waals surface area contributed by atoms with Gasteiger partial charge < -0.3 is 9.64 Å². The highest BCUT2D eigenvalue weighted by molar-refractivity contribution is 5.95. The van der Waals surface area contributed by atoms with Crippen LogP contribution in [0.3, 0.4) is 0 Å². The van der Waals surface area contributed by atoms with E-state index in [1.54, 1.807) is 0 Å². The molecule has 170 valence electrons. The lowest BCUT2D eigenvalue weighted by molar-refractivity contribution is 0.0600. The third kappa shape index (κ3) is 4.61. The number of nitrogens with zero attached hydrogens (tertiary/aromatic N) is 5. The van der Waals surface area contributed by atoms with E-state index in [4.69, 9.17) is 9.72 Å². The number of aromatic nitrogens is 4. The van der Waals surface area contributed by atoms with Gasteiger partial charge in [-0.05, 0) is 58.1 Å². The molecular weight excluding hydrogens is 402 g/mol. The highest BCUT2D eigenvalue weighted by Crippen LogP contribution is 2.26. The maximum atomic E-state index is 13.6. The molecule has 0 aromatic carbocycles. The third-order valence-electron chi connectivity index (χ3n) is 6.14. The minimum absolute atomic E-state index is 0.0467. The minimum atomic E-state index is -0.0467. The van der Waals surface area contributed by atoms with Gasteiger partial charge in [0, 0.05) is 42.2 Å². The predicted octanol–water partition coefficient (Wildman–Crippen LogP) is 4.32. The molecule has 7 heteroatoms. The molecule has 1 aliphatic heterocycles. The Kier molecular flexibility index (Phi) is 6.44. The number of amides is 1. The van der Waals surface area contributed by atoms with Crippen LogP contribution in [0.25, 0.3) is 5.65 Å². The van der Waals surface area contributed by atoms with Crippen molar-refractivity contribution in [2.24, 2.45) is 5.92 Å². The van der Waals surface area contributed by atoms with Crippen LogP contribution in [-0.2, 0) is 6.42 Å². The second-order valence-corrected chi connectivity index (χ2v) is 9.27. The number of piperidine rings is 1. The largest absolute Gasteiger partial charge is 0.491 e. The Morgan fingerprint density at radius 3 is 2.78 bits per heavy atom. The van der Waals surface area contributed by atoms with Gasteiger partial charge in [0.05, 0.1) is 12.3 Å². The first kappa shape index (κ1) is 22.2. The molecule has 0 bridgehead atoms. The molecule has 0 radical (unpaired) electrons. The normalized spacial score (nSPS) is 16.7.